The van der Waals surface area contributed by atoms with Crippen molar-refractivity contribution in [3.63, 3.8) is 0 Å². The number of aromatic amines is 1. The van der Waals surface area contributed by atoms with E-state index in [0.29, 0.717) is 0 Å². The number of rotatable bonds is 2. The molecular weight excluding hydrogens is 215 g/mol. The predicted molar refractivity (Wildman–Crippen MR) is 59.5 cm³/mol. The fourth-order valence-electron chi connectivity index (χ4n) is 1.01. The van der Waals surface area contributed by atoms with Crippen LogP contribution in [0.2, 0.25) is 0 Å². The molecule has 0 amide bonds. The first kappa shape index (κ1) is 9.19. The van der Waals surface area contributed by atoms with E-state index >= 15 is 0 Å². The fraction of sp³-hybridized carbons (Fsp3) is 0. The Morgan fingerprint density at radius 3 is 2.92 bits per heavy atom. The van der Waals surface area contributed by atoms with E-state index in [1.807, 2.05) is 20.1 Å². The van der Waals surface area contributed by atoms with Crippen LogP contribution in [0.25, 0.3) is 9.95 Å². The van der Waals surface area contributed by atoms with E-state index in [2.05, 4.69) is 27.5 Å². The predicted octanol–water partition coefficient (Wildman–Crippen LogP) is 1.27. The van der Waals surface area contributed by atoms with Gasteiger partial charge in [-0.05, 0) is 22.0 Å². The molecule has 1 heterocycles. The number of halogens is 1. The van der Waals surface area contributed by atoms with Gasteiger partial charge in [0.15, 0.2) is 0 Å². The van der Waals surface area contributed by atoms with Gasteiger partial charge in [-0.2, -0.15) is 0 Å². The molecule has 2 nitrogen and oxygen atoms in total. The standard InChI is InChI=1S/C8H10BBrN2/c1-5(9)8-6(2-3-12-8)7(10)4-11/h2-4,12H,1,9,11H2/b7-4+. The summed E-state index contributed by atoms with van der Waals surface area (Å²) in [4.78, 5) is 3.09. The van der Waals surface area contributed by atoms with Crippen LogP contribution >= 0.6 is 15.9 Å². The molecule has 3 N–H and O–H groups in total. The highest BCUT2D eigenvalue weighted by molar-refractivity contribution is 9.15. The minimum absolute atomic E-state index is 0.877. The molecule has 0 saturated heterocycles. The van der Waals surface area contributed by atoms with Crippen molar-refractivity contribution in [2.24, 2.45) is 5.73 Å². The second-order valence-electron chi connectivity index (χ2n) is 2.56. The Bertz CT molecular complexity index is 328. The van der Waals surface area contributed by atoms with Gasteiger partial charge in [-0.3, -0.25) is 0 Å². The Morgan fingerprint density at radius 1 is 1.75 bits per heavy atom. The molecule has 4 heteroatoms. The Kier molecular flexibility index (Phi) is 2.81. The first-order valence-electron chi connectivity index (χ1n) is 3.58. The molecule has 1 rings (SSSR count). The summed E-state index contributed by atoms with van der Waals surface area (Å²) in [6.07, 6.45) is 3.39. The molecule has 1 aromatic rings. The summed E-state index contributed by atoms with van der Waals surface area (Å²) in [5, 5.41) is 0. The van der Waals surface area contributed by atoms with Crippen LogP contribution in [-0.4, -0.2) is 12.8 Å². The molecule has 0 atom stereocenters. The molecule has 0 aliphatic carbocycles. The smallest absolute Gasteiger partial charge is 0.141 e. The lowest BCUT2D eigenvalue weighted by Gasteiger charge is -2.00. The summed E-state index contributed by atoms with van der Waals surface area (Å²) in [5.74, 6) is 0. The Morgan fingerprint density at radius 2 is 2.42 bits per heavy atom. The van der Waals surface area contributed by atoms with Gasteiger partial charge in [0, 0.05) is 28.1 Å². The lowest BCUT2D eigenvalue weighted by molar-refractivity contribution is 1.37. The highest BCUT2D eigenvalue weighted by Crippen LogP contribution is 2.25. The minimum Gasteiger partial charge on any atom is -0.404 e. The summed E-state index contributed by atoms with van der Waals surface area (Å²) in [6.45, 7) is 3.85. The first-order chi connectivity index (χ1) is 5.66. The number of hydrogen-bond donors (Lipinski definition) is 2. The molecule has 0 aliphatic heterocycles. The Hall–Kier alpha value is -0.895. The topological polar surface area (TPSA) is 41.8 Å². The second kappa shape index (κ2) is 3.67. The van der Waals surface area contributed by atoms with Crippen molar-refractivity contribution in [3.05, 3.63) is 36.3 Å². The highest BCUT2D eigenvalue weighted by atomic mass is 79.9. The van der Waals surface area contributed by atoms with Gasteiger partial charge in [0.05, 0.1) is 0 Å². The molecule has 0 aliphatic rings. The lowest BCUT2D eigenvalue weighted by Crippen LogP contribution is -1.88. The maximum Gasteiger partial charge on any atom is 0.141 e. The normalized spacial score (nSPS) is 11.6. The summed E-state index contributed by atoms with van der Waals surface area (Å²) in [5.41, 5.74) is 8.44. The molecular formula is C8H10BBrN2. The lowest BCUT2D eigenvalue weighted by atomic mass is 9.92. The average molecular weight is 225 g/mol. The van der Waals surface area contributed by atoms with Crippen molar-refractivity contribution in [2.45, 2.75) is 0 Å². The number of H-pyrrole nitrogens is 1. The van der Waals surface area contributed by atoms with Crippen LogP contribution < -0.4 is 5.73 Å². The van der Waals surface area contributed by atoms with Crippen LogP contribution in [0.3, 0.4) is 0 Å². The molecule has 0 aromatic carbocycles. The molecule has 0 fully saturated rings. The molecule has 0 bridgehead atoms. The van der Waals surface area contributed by atoms with Gasteiger partial charge in [0.25, 0.3) is 0 Å². The number of aromatic nitrogens is 1. The van der Waals surface area contributed by atoms with Gasteiger partial charge in [0.2, 0.25) is 0 Å². The van der Waals surface area contributed by atoms with Gasteiger partial charge in [0.1, 0.15) is 7.85 Å². The van der Waals surface area contributed by atoms with Gasteiger partial charge in [-0.15, -0.1) is 6.58 Å². The zero-order valence-corrected chi connectivity index (χ0v) is 8.48. The molecule has 0 spiro atoms. The van der Waals surface area contributed by atoms with E-state index in [9.17, 15) is 0 Å². The number of nitrogens with one attached hydrogen (secondary N) is 1. The molecule has 0 saturated carbocycles. The van der Waals surface area contributed by atoms with Gasteiger partial charge < -0.3 is 10.7 Å². The largest absolute Gasteiger partial charge is 0.404 e. The van der Waals surface area contributed by atoms with E-state index in [4.69, 9.17) is 5.73 Å². The van der Waals surface area contributed by atoms with Crippen LogP contribution in [0.15, 0.2) is 25.0 Å². The maximum atomic E-state index is 5.38. The molecule has 62 valence electrons. The van der Waals surface area contributed by atoms with E-state index in [0.717, 1.165) is 21.2 Å². The molecule has 1 aromatic heterocycles. The third-order valence-electron chi connectivity index (χ3n) is 1.58. The summed E-state index contributed by atoms with van der Waals surface area (Å²) in [7, 11) is 1.95. The van der Waals surface area contributed by atoms with Crippen molar-refractivity contribution in [3.8, 4) is 0 Å². The van der Waals surface area contributed by atoms with E-state index in [1.165, 1.54) is 6.20 Å². The minimum atomic E-state index is 0.877. The Balaban J connectivity index is 3.16. The van der Waals surface area contributed by atoms with Crippen LogP contribution in [0.5, 0.6) is 0 Å². The number of hydrogen-bond acceptors (Lipinski definition) is 1. The van der Waals surface area contributed by atoms with E-state index in [1.54, 1.807) is 0 Å². The van der Waals surface area contributed by atoms with Gasteiger partial charge in [-0.25, -0.2) is 0 Å². The summed E-state index contributed by atoms with van der Waals surface area (Å²) < 4.78 is 0.877. The van der Waals surface area contributed by atoms with E-state index < -0.39 is 0 Å². The van der Waals surface area contributed by atoms with Crippen LogP contribution in [-0.2, 0) is 0 Å². The molecule has 12 heavy (non-hydrogen) atoms. The van der Waals surface area contributed by atoms with E-state index in [-0.39, 0.29) is 0 Å². The van der Waals surface area contributed by atoms with Crippen molar-refractivity contribution in [1.29, 1.82) is 0 Å². The monoisotopic (exact) mass is 224 g/mol. The highest BCUT2D eigenvalue weighted by Gasteiger charge is 2.05. The summed E-state index contributed by atoms with van der Waals surface area (Å²) in [6, 6.07) is 1.96. The van der Waals surface area contributed by atoms with Gasteiger partial charge in [-0.1, -0.05) is 5.47 Å². The van der Waals surface area contributed by atoms with Crippen LogP contribution in [0, 0.1) is 0 Å². The van der Waals surface area contributed by atoms with Crippen molar-refractivity contribution < 1.29 is 0 Å². The second-order valence-corrected chi connectivity index (χ2v) is 3.42. The van der Waals surface area contributed by atoms with Gasteiger partial charge >= 0.3 is 0 Å². The molecule has 0 unspecified atom stereocenters. The first-order valence-corrected chi connectivity index (χ1v) is 4.37. The van der Waals surface area contributed by atoms with Crippen LogP contribution in [0.1, 0.15) is 11.3 Å². The maximum absolute atomic E-state index is 5.38. The molecule has 0 radical (unpaired) electrons. The SMILES string of the molecule is BC(=C)c1[nH]ccc1/C(Br)=C\N. The van der Waals surface area contributed by atoms with Crippen LogP contribution in [0.4, 0.5) is 0 Å². The fourth-order valence-corrected chi connectivity index (χ4v) is 1.34. The third-order valence-corrected chi connectivity index (χ3v) is 2.27. The summed E-state index contributed by atoms with van der Waals surface area (Å²) >= 11 is 3.36. The zero-order valence-electron chi connectivity index (χ0n) is 6.89. The quantitative estimate of drug-likeness (QED) is 0.731. The average Bonchev–Trinajstić information content (AvgIpc) is 2.50. The Labute approximate surface area is 81.1 Å². The zero-order chi connectivity index (χ0) is 9.14. The van der Waals surface area contributed by atoms with Crippen molar-refractivity contribution >= 4 is 33.7 Å². The number of nitrogens with two attached hydrogens (primary N) is 1. The third kappa shape index (κ3) is 1.64. The van der Waals surface area contributed by atoms with Crippen molar-refractivity contribution in [2.75, 3.05) is 0 Å². The van der Waals surface area contributed by atoms with Crippen molar-refractivity contribution in [1.82, 2.24) is 4.98 Å².